The minimum absolute atomic E-state index is 0.577. The van der Waals surface area contributed by atoms with Crippen molar-refractivity contribution >= 4 is 58.7 Å². The third kappa shape index (κ3) is 4.81. The van der Waals surface area contributed by atoms with E-state index in [2.05, 4.69) is 130 Å². The van der Waals surface area contributed by atoms with Gasteiger partial charge in [0.2, 0.25) is 0 Å². The highest BCUT2D eigenvalue weighted by atomic mass is 32.1. The van der Waals surface area contributed by atoms with Gasteiger partial charge in [0.25, 0.3) is 0 Å². The van der Waals surface area contributed by atoms with Gasteiger partial charge in [-0.25, -0.2) is 4.85 Å². The minimum atomic E-state index is 0.577. The normalized spacial score (nSPS) is 11.2. The van der Waals surface area contributed by atoms with E-state index < -0.39 is 0 Å². The predicted molar refractivity (Wildman–Crippen MR) is 203 cm³/mol. The van der Waals surface area contributed by atoms with Crippen LogP contribution in [0.15, 0.2) is 146 Å². The van der Waals surface area contributed by atoms with Gasteiger partial charge in [0.1, 0.15) is 0 Å². The zero-order chi connectivity index (χ0) is 32.9. The Morgan fingerprint density at radius 2 is 1.06 bits per heavy atom. The third-order valence-corrected chi connectivity index (χ3v) is 10.4. The third-order valence-electron chi connectivity index (χ3n) is 9.22. The summed E-state index contributed by atoms with van der Waals surface area (Å²) in [6.07, 6.45) is 3.38. The second-order valence-corrected chi connectivity index (χ2v) is 13.1. The Labute approximate surface area is 286 Å². The molecule has 0 radical (unpaired) electrons. The highest BCUT2D eigenvalue weighted by Gasteiger charge is 2.19. The molecule has 6 aromatic carbocycles. The average Bonchev–Trinajstić information content (AvgIpc) is 3.54. The van der Waals surface area contributed by atoms with Crippen LogP contribution < -0.4 is 0 Å². The monoisotopic (exact) mass is 640 g/mol. The summed E-state index contributed by atoms with van der Waals surface area (Å²) in [5.74, 6) is 0. The molecule has 0 saturated heterocycles. The van der Waals surface area contributed by atoms with Gasteiger partial charge in [-0.3, -0.25) is 9.97 Å². The summed E-state index contributed by atoms with van der Waals surface area (Å²) in [5, 5.41) is 16.7. The number of hydrogen-bond acceptors (Lipinski definition) is 4. The molecule has 49 heavy (non-hydrogen) atoms. The molecular weight excluding hydrogens is 617 g/mol. The summed E-state index contributed by atoms with van der Waals surface area (Å²) in [4.78, 5) is 12.7. The number of fused-ring (bicyclic) bond motifs is 5. The van der Waals surface area contributed by atoms with E-state index in [1.165, 1.54) is 52.8 Å². The molecular formula is C44H24N4S. The second-order valence-electron chi connectivity index (χ2n) is 12.0. The molecule has 5 heteroatoms. The quantitative estimate of drug-likeness (QED) is 0.142. The Balaban J connectivity index is 1.31. The molecule has 4 nitrogen and oxygen atoms in total. The summed E-state index contributed by atoms with van der Waals surface area (Å²) >= 11 is 1.83. The van der Waals surface area contributed by atoms with Crippen LogP contribution in [0.4, 0.5) is 5.69 Å². The molecule has 0 aliphatic rings. The molecule has 0 N–H and O–H groups in total. The van der Waals surface area contributed by atoms with Gasteiger partial charge in [-0.2, -0.15) is 5.26 Å². The molecule has 0 saturated carbocycles. The lowest BCUT2D eigenvalue weighted by Gasteiger charge is -2.18. The van der Waals surface area contributed by atoms with Crippen LogP contribution >= 0.6 is 11.3 Å². The van der Waals surface area contributed by atoms with Crippen molar-refractivity contribution in [3.63, 3.8) is 0 Å². The number of hydrogen-bond donors (Lipinski definition) is 0. The molecule has 0 spiro atoms. The first kappa shape index (κ1) is 28.6. The largest absolute Gasteiger partial charge is 0.259 e. The fourth-order valence-electron chi connectivity index (χ4n) is 6.94. The SMILES string of the molecule is [C-]#[N+]c1ccnc(-c2ccc(-c3c4ccccc4c(-c4ccc(-c5cc(C#N)ccn5)cc4)c4cc5sc6ccccc6c5cc34)cc2)c1. The van der Waals surface area contributed by atoms with Gasteiger partial charge in [0.15, 0.2) is 5.69 Å². The Bertz CT molecular complexity index is 2840. The standard InChI is InChI=1S/C44H24N4S/c1-46-32-19-21-48-40(23-32)29-12-16-30(17-13-29)43-34-7-2-3-8-35(34)44(31-14-10-28(11-15-31)39-22-27(26-45)18-20-47-39)38-25-42-36(24-37(38)43)33-6-4-5-9-41(33)49-42/h2-25H. The van der Waals surface area contributed by atoms with E-state index in [0.717, 1.165) is 33.6 Å². The first-order valence-electron chi connectivity index (χ1n) is 15.9. The van der Waals surface area contributed by atoms with Crippen LogP contribution in [0.1, 0.15) is 5.56 Å². The smallest absolute Gasteiger partial charge is 0.190 e. The number of thiophene rings is 1. The summed E-state index contributed by atoms with van der Waals surface area (Å²) in [6, 6.07) is 48.5. The molecule has 0 amide bonds. The number of nitrogens with zero attached hydrogens (tertiary/aromatic N) is 4. The van der Waals surface area contributed by atoms with Gasteiger partial charge in [-0.05, 0) is 91.8 Å². The molecule has 0 atom stereocenters. The van der Waals surface area contributed by atoms with Crippen LogP contribution in [-0.2, 0) is 0 Å². The lowest BCUT2D eigenvalue weighted by Crippen LogP contribution is -1.92. The zero-order valence-electron chi connectivity index (χ0n) is 26.1. The molecule has 226 valence electrons. The Morgan fingerprint density at radius 1 is 0.510 bits per heavy atom. The average molecular weight is 641 g/mol. The molecule has 9 rings (SSSR count). The summed E-state index contributed by atoms with van der Waals surface area (Å²) in [5.41, 5.74) is 9.30. The van der Waals surface area contributed by atoms with Crippen LogP contribution in [0.25, 0.3) is 91.3 Å². The predicted octanol–water partition coefficient (Wildman–Crippen LogP) is 12.2. The fraction of sp³-hybridized carbons (Fsp3) is 0. The minimum Gasteiger partial charge on any atom is -0.259 e. The van der Waals surface area contributed by atoms with E-state index in [0.29, 0.717) is 11.3 Å². The van der Waals surface area contributed by atoms with Crippen molar-refractivity contribution in [2.75, 3.05) is 0 Å². The van der Waals surface area contributed by atoms with Gasteiger partial charge in [-0.1, -0.05) is 91.0 Å². The van der Waals surface area contributed by atoms with Gasteiger partial charge >= 0.3 is 0 Å². The zero-order valence-corrected chi connectivity index (χ0v) is 26.9. The van der Waals surface area contributed by atoms with E-state index in [-0.39, 0.29) is 0 Å². The maximum Gasteiger partial charge on any atom is 0.190 e. The lowest BCUT2D eigenvalue weighted by atomic mass is 9.85. The second kappa shape index (κ2) is 11.5. The fourth-order valence-corrected chi connectivity index (χ4v) is 8.06. The highest BCUT2D eigenvalue weighted by Crippen LogP contribution is 2.47. The van der Waals surface area contributed by atoms with Gasteiger partial charge in [-0.15, -0.1) is 11.3 Å². The number of rotatable bonds is 4. The molecule has 3 aromatic heterocycles. The number of pyridine rings is 2. The van der Waals surface area contributed by atoms with E-state index in [1.54, 1.807) is 24.5 Å². The molecule has 3 heterocycles. The van der Waals surface area contributed by atoms with Crippen molar-refractivity contribution in [2.24, 2.45) is 0 Å². The summed E-state index contributed by atoms with van der Waals surface area (Å²) in [6.45, 7) is 7.43. The van der Waals surface area contributed by atoms with Crippen LogP contribution in [0.5, 0.6) is 0 Å². The van der Waals surface area contributed by atoms with Gasteiger partial charge in [0, 0.05) is 38.1 Å². The van der Waals surface area contributed by atoms with Crippen LogP contribution in [0.3, 0.4) is 0 Å². The molecule has 0 fully saturated rings. The van der Waals surface area contributed by atoms with Crippen LogP contribution in [-0.4, -0.2) is 9.97 Å². The summed E-state index contributed by atoms with van der Waals surface area (Å²) in [7, 11) is 0. The van der Waals surface area contributed by atoms with E-state index in [1.807, 2.05) is 23.5 Å². The first-order valence-corrected chi connectivity index (χ1v) is 16.7. The lowest BCUT2D eigenvalue weighted by molar-refractivity contribution is 1.31. The maximum absolute atomic E-state index is 9.42. The topological polar surface area (TPSA) is 53.9 Å². The first-order chi connectivity index (χ1) is 24.2. The van der Waals surface area contributed by atoms with Crippen molar-refractivity contribution in [3.8, 4) is 50.8 Å². The molecule has 0 aliphatic heterocycles. The van der Waals surface area contributed by atoms with E-state index in [9.17, 15) is 5.26 Å². The number of aromatic nitrogens is 2. The van der Waals surface area contributed by atoms with Crippen molar-refractivity contribution < 1.29 is 0 Å². The molecule has 9 aromatic rings. The molecule has 0 bridgehead atoms. The molecule has 0 aliphatic carbocycles. The Morgan fingerprint density at radius 3 is 1.69 bits per heavy atom. The van der Waals surface area contributed by atoms with Gasteiger partial charge < -0.3 is 0 Å². The van der Waals surface area contributed by atoms with E-state index >= 15 is 0 Å². The van der Waals surface area contributed by atoms with Crippen molar-refractivity contribution in [1.29, 1.82) is 5.26 Å². The van der Waals surface area contributed by atoms with Crippen LogP contribution in [0.2, 0.25) is 0 Å². The Kier molecular flexibility index (Phi) is 6.73. The molecule has 0 unspecified atom stereocenters. The summed E-state index contributed by atoms with van der Waals surface area (Å²) < 4.78 is 2.53. The van der Waals surface area contributed by atoms with Crippen molar-refractivity contribution in [1.82, 2.24) is 9.97 Å². The van der Waals surface area contributed by atoms with Crippen LogP contribution in [0, 0.1) is 17.9 Å². The van der Waals surface area contributed by atoms with Crippen molar-refractivity contribution in [2.45, 2.75) is 0 Å². The maximum atomic E-state index is 9.42. The highest BCUT2D eigenvalue weighted by molar-refractivity contribution is 7.25. The number of benzene rings is 6. The van der Waals surface area contributed by atoms with Crippen molar-refractivity contribution in [3.05, 3.63) is 163 Å². The Hall–Kier alpha value is -6.66. The van der Waals surface area contributed by atoms with E-state index in [4.69, 9.17) is 6.57 Å². The number of nitriles is 1. The van der Waals surface area contributed by atoms with Gasteiger partial charge in [0.05, 0.1) is 29.6 Å².